The third-order valence-electron chi connectivity index (χ3n) is 2.77. The molecule has 17 heavy (non-hydrogen) atoms. The normalized spacial score (nSPS) is 14.8. The van der Waals surface area contributed by atoms with Gasteiger partial charge >= 0.3 is 0 Å². The van der Waals surface area contributed by atoms with Crippen LogP contribution in [0.15, 0.2) is 22.8 Å². The lowest BCUT2D eigenvalue weighted by molar-refractivity contribution is 0.0967. The van der Waals surface area contributed by atoms with Crippen molar-refractivity contribution in [3.63, 3.8) is 0 Å². The van der Waals surface area contributed by atoms with Crippen molar-refractivity contribution >= 4 is 21.7 Å². The minimum absolute atomic E-state index is 0.0764. The maximum atomic E-state index is 11.7. The minimum Gasteiger partial charge on any atom is -0.292 e. The summed E-state index contributed by atoms with van der Waals surface area (Å²) < 4.78 is 2.57. The summed E-state index contributed by atoms with van der Waals surface area (Å²) in [6.07, 6.45) is 3.94. The Hall–Kier alpha value is -1.56. The zero-order valence-electron chi connectivity index (χ0n) is 8.93. The Bertz CT molecular complexity index is 593. The SMILES string of the molecule is O=C1CCCc2c1nnn2-c1cc(Br)ccn1. The van der Waals surface area contributed by atoms with Crippen molar-refractivity contribution in [1.29, 1.82) is 0 Å². The highest BCUT2D eigenvalue weighted by Gasteiger charge is 2.24. The molecule has 3 rings (SSSR count). The van der Waals surface area contributed by atoms with Crippen molar-refractivity contribution in [2.24, 2.45) is 0 Å². The van der Waals surface area contributed by atoms with Gasteiger partial charge in [-0.15, -0.1) is 5.10 Å². The van der Waals surface area contributed by atoms with Crippen molar-refractivity contribution < 1.29 is 4.79 Å². The molecule has 0 amide bonds. The van der Waals surface area contributed by atoms with Gasteiger partial charge in [0.2, 0.25) is 0 Å². The van der Waals surface area contributed by atoms with Crippen molar-refractivity contribution in [3.8, 4) is 5.82 Å². The van der Waals surface area contributed by atoms with E-state index in [0.29, 0.717) is 17.9 Å². The van der Waals surface area contributed by atoms with E-state index in [1.807, 2.05) is 12.1 Å². The fraction of sp³-hybridized carbons (Fsp3) is 0.273. The first kappa shape index (κ1) is 10.6. The second-order valence-corrected chi connectivity index (χ2v) is 4.82. The van der Waals surface area contributed by atoms with Crippen LogP contribution in [0.25, 0.3) is 5.82 Å². The van der Waals surface area contributed by atoms with E-state index in [-0.39, 0.29) is 5.78 Å². The molecule has 86 valence electrons. The van der Waals surface area contributed by atoms with Crippen LogP contribution in [0.4, 0.5) is 0 Å². The van der Waals surface area contributed by atoms with E-state index < -0.39 is 0 Å². The lowest BCUT2D eigenvalue weighted by atomic mass is 10.00. The molecule has 2 aromatic heterocycles. The molecule has 0 saturated heterocycles. The monoisotopic (exact) mass is 292 g/mol. The van der Waals surface area contributed by atoms with Crippen LogP contribution >= 0.6 is 15.9 Å². The quantitative estimate of drug-likeness (QED) is 0.806. The molecular weight excluding hydrogens is 284 g/mol. The predicted octanol–water partition coefficient (Wildman–Crippen LogP) is 1.94. The van der Waals surface area contributed by atoms with Crippen molar-refractivity contribution in [2.75, 3.05) is 0 Å². The van der Waals surface area contributed by atoms with Crippen LogP contribution in [-0.2, 0) is 6.42 Å². The number of ketones is 1. The lowest BCUT2D eigenvalue weighted by Crippen LogP contribution is -2.13. The number of carbonyl (C=O) groups is 1. The first-order chi connectivity index (χ1) is 8.25. The number of hydrogen-bond donors (Lipinski definition) is 0. The lowest BCUT2D eigenvalue weighted by Gasteiger charge is -2.10. The van der Waals surface area contributed by atoms with Crippen molar-refractivity contribution in [3.05, 3.63) is 34.2 Å². The van der Waals surface area contributed by atoms with E-state index in [0.717, 1.165) is 23.0 Å². The van der Waals surface area contributed by atoms with Gasteiger partial charge in [0.1, 0.15) is 0 Å². The highest BCUT2D eigenvalue weighted by molar-refractivity contribution is 9.10. The number of fused-ring (bicyclic) bond motifs is 1. The molecule has 2 aromatic rings. The third kappa shape index (κ3) is 1.78. The number of hydrogen-bond acceptors (Lipinski definition) is 4. The topological polar surface area (TPSA) is 60.7 Å². The molecule has 0 unspecified atom stereocenters. The number of aromatic nitrogens is 4. The molecule has 0 radical (unpaired) electrons. The second kappa shape index (κ2) is 4.03. The minimum atomic E-state index is 0.0764. The summed E-state index contributed by atoms with van der Waals surface area (Å²) >= 11 is 3.39. The molecule has 5 nitrogen and oxygen atoms in total. The van der Waals surface area contributed by atoms with E-state index in [4.69, 9.17) is 0 Å². The highest BCUT2D eigenvalue weighted by Crippen LogP contribution is 2.21. The number of pyridine rings is 1. The largest absolute Gasteiger partial charge is 0.292 e. The summed E-state index contributed by atoms with van der Waals surface area (Å²) in [5.74, 6) is 0.760. The van der Waals surface area contributed by atoms with E-state index in [2.05, 4.69) is 31.2 Å². The fourth-order valence-corrected chi connectivity index (χ4v) is 2.29. The maximum absolute atomic E-state index is 11.7. The summed E-state index contributed by atoms with van der Waals surface area (Å²) in [4.78, 5) is 15.9. The smallest absolute Gasteiger partial charge is 0.185 e. The van der Waals surface area contributed by atoms with Crippen LogP contribution in [0.2, 0.25) is 0 Å². The Morgan fingerprint density at radius 2 is 2.24 bits per heavy atom. The Labute approximate surface area is 106 Å². The van der Waals surface area contributed by atoms with Crippen LogP contribution in [0.1, 0.15) is 29.0 Å². The Balaban J connectivity index is 2.13. The van der Waals surface area contributed by atoms with E-state index in [1.54, 1.807) is 10.9 Å². The number of carbonyl (C=O) groups excluding carboxylic acids is 1. The number of Topliss-reactive ketones (excluding diaryl/α,β-unsaturated/α-hetero) is 1. The molecule has 2 heterocycles. The van der Waals surface area contributed by atoms with Crippen LogP contribution in [0.5, 0.6) is 0 Å². The highest BCUT2D eigenvalue weighted by atomic mass is 79.9. The van der Waals surface area contributed by atoms with Gasteiger partial charge in [0.15, 0.2) is 17.3 Å². The van der Waals surface area contributed by atoms with Crippen LogP contribution in [0, 0.1) is 0 Å². The molecule has 6 heteroatoms. The number of nitrogens with zero attached hydrogens (tertiary/aromatic N) is 4. The molecule has 1 aliphatic rings. The first-order valence-electron chi connectivity index (χ1n) is 5.35. The fourth-order valence-electron chi connectivity index (χ4n) is 1.97. The van der Waals surface area contributed by atoms with E-state index in [9.17, 15) is 4.79 Å². The van der Waals surface area contributed by atoms with E-state index in [1.165, 1.54) is 0 Å². The van der Waals surface area contributed by atoms with E-state index >= 15 is 0 Å². The molecular formula is C11H9BrN4O. The van der Waals surface area contributed by atoms with Crippen LogP contribution in [-0.4, -0.2) is 25.8 Å². The van der Waals surface area contributed by atoms with Gasteiger partial charge in [0.25, 0.3) is 0 Å². The zero-order valence-corrected chi connectivity index (χ0v) is 10.5. The molecule has 0 N–H and O–H groups in total. The zero-order chi connectivity index (χ0) is 11.8. The summed E-state index contributed by atoms with van der Waals surface area (Å²) in [6.45, 7) is 0. The van der Waals surface area contributed by atoms with Gasteiger partial charge in [-0.3, -0.25) is 4.79 Å². The molecule has 0 aliphatic heterocycles. The van der Waals surface area contributed by atoms with Gasteiger partial charge in [-0.1, -0.05) is 21.1 Å². The molecule has 0 bridgehead atoms. The summed E-state index contributed by atoms with van der Waals surface area (Å²) in [5, 5.41) is 7.97. The standard InChI is InChI=1S/C11H9BrN4O/c12-7-4-5-13-10(6-7)16-8-2-1-3-9(17)11(8)14-15-16/h4-6H,1-3H2. The summed E-state index contributed by atoms with van der Waals surface area (Å²) in [5.41, 5.74) is 1.37. The van der Waals surface area contributed by atoms with Gasteiger partial charge in [-0.25, -0.2) is 4.98 Å². The number of halogens is 1. The van der Waals surface area contributed by atoms with Gasteiger partial charge < -0.3 is 0 Å². The molecule has 0 saturated carbocycles. The van der Waals surface area contributed by atoms with Gasteiger partial charge in [0.05, 0.1) is 5.69 Å². The van der Waals surface area contributed by atoms with Crippen molar-refractivity contribution in [1.82, 2.24) is 20.0 Å². The average molecular weight is 293 g/mol. The molecule has 0 atom stereocenters. The third-order valence-corrected chi connectivity index (χ3v) is 3.26. The predicted molar refractivity (Wildman–Crippen MR) is 64.1 cm³/mol. The Morgan fingerprint density at radius 3 is 3.06 bits per heavy atom. The molecule has 1 aliphatic carbocycles. The van der Waals surface area contributed by atoms with Gasteiger partial charge in [0, 0.05) is 17.1 Å². The molecule has 0 fully saturated rings. The van der Waals surface area contributed by atoms with Gasteiger partial charge in [-0.2, -0.15) is 4.68 Å². The first-order valence-corrected chi connectivity index (χ1v) is 6.15. The van der Waals surface area contributed by atoms with Crippen LogP contribution < -0.4 is 0 Å². The molecule has 0 spiro atoms. The molecule has 0 aromatic carbocycles. The van der Waals surface area contributed by atoms with Gasteiger partial charge in [-0.05, 0) is 25.0 Å². The Kier molecular flexibility index (Phi) is 2.51. The second-order valence-electron chi connectivity index (χ2n) is 3.91. The maximum Gasteiger partial charge on any atom is 0.185 e. The Morgan fingerprint density at radius 1 is 1.35 bits per heavy atom. The number of rotatable bonds is 1. The van der Waals surface area contributed by atoms with Crippen molar-refractivity contribution in [2.45, 2.75) is 19.3 Å². The summed E-state index contributed by atoms with van der Waals surface area (Å²) in [7, 11) is 0. The van der Waals surface area contributed by atoms with Crippen LogP contribution in [0.3, 0.4) is 0 Å². The average Bonchev–Trinajstić information content (AvgIpc) is 2.74. The summed E-state index contributed by atoms with van der Waals surface area (Å²) in [6, 6.07) is 3.70.